The molecule has 2 aromatic carbocycles. The number of phenolic OH excluding ortho intramolecular Hbond substituents is 2. The Bertz CT molecular complexity index is 776. The summed E-state index contributed by atoms with van der Waals surface area (Å²) >= 11 is 0. The molecule has 1 aliphatic rings. The van der Waals surface area contributed by atoms with Gasteiger partial charge in [0, 0.05) is 17.7 Å². The number of rotatable bonds is 2. The number of hydrogen-bond donors (Lipinski definition) is 3. The van der Waals surface area contributed by atoms with Crippen LogP contribution in [-0.2, 0) is 6.42 Å². The minimum Gasteiger partial charge on any atom is -0.507 e. The molecular weight excluding hydrogens is 272 g/mol. The van der Waals surface area contributed by atoms with Gasteiger partial charge >= 0.3 is 0 Å². The van der Waals surface area contributed by atoms with Crippen LogP contribution in [-0.4, -0.2) is 33.5 Å². The van der Waals surface area contributed by atoms with Gasteiger partial charge in [-0.15, -0.1) is 0 Å². The molecule has 0 aliphatic heterocycles. The van der Waals surface area contributed by atoms with Crippen molar-refractivity contribution in [1.82, 2.24) is 0 Å². The Labute approximate surface area is 120 Å². The fourth-order valence-electron chi connectivity index (χ4n) is 2.61. The second-order valence-corrected chi connectivity index (χ2v) is 4.87. The van der Waals surface area contributed by atoms with Gasteiger partial charge in [-0.1, -0.05) is 12.1 Å². The van der Waals surface area contributed by atoms with Gasteiger partial charge in [0.2, 0.25) is 5.78 Å². The van der Waals surface area contributed by atoms with Crippen LogP contribution in [0.2, 0.25) is 0 Å². The van der Waals surface area contributed by atoms with E-state index in [1.165, 1.54) is 30.3 Å². The molecule has 5 heteroatoms. The molecule has 0 atom stereocenters. The molecule has 21 heavy (non-hydrogen) atoms. The van der Waals surface area contributed by atoms with E-state index >= 15 is 0 Å². The van der Waals surface area contributed by atoms with E-state index in [4.69, 9.17) is 5.11 Å². The van der Waals surface area contributed by atoms with Crippen LogP contribution < -0.4 is 0 Å². The van der Waals surface area contributed by atoms with Crippen LogP contribution in [0.4, 0.5) is 0 Å². The number of fused-ring (bicyclic) bond motifs is 2. The van der Waals surface area contributed by atoms with Crippen molar-refractivity contribution < 1.29 is 24.9 Å². The number of phenols is 2. The number of aliphatic hydroxyl groups is 1. The molecule has 5 nitrogen and oxygen atoms in total. The summed E-state index contributed by atoms with van der Waals surface area (Å²) in [5.41, 5.74) is 0.601. The average molecular weight is 284 g/mol. The molecule has 0 bridgehead atoms. The van der Waals surface area contributed by atoms with Crippen molar-refractivity contribution in [3.05, 3.63) is 58.1 Å². The van der Waals surface area contributed by atoms with Crippen molar-refractivity contribution in [3.63, 3.8) is 0 Å². The van der Waals surface area contributed by atoms with E-state index in [0.29, 0.717) is 5.56 Å². The molecule has 0 fully saturated rings. The lowest BCUT2D eigenvalue weighted by atomic mass is 9.82. The monoisotopic (exact) mass is 284 g/mol. The maximum absolute atomic E-state index is 12.5. The highest BCUT2D eigenvalue weighted by molar-refractivity contribution is 6.30. The zero-order valence-electron chi connectivity index (χ0n) is 11.0. The fourth-order valence-corrected chi connectivity index (χ4v) is 2.61. The van der Waals surface area contributed by atoms with E-state index in [9.17, 15) is 19.8 Å². The summed E-state index contributed by atoms with van der Waals surface area (Å²) < 4.78 is 0. The third-order valence-corrected chi connectivity index (χ3v) is 3.56. The molecule has 106 valence electrons. The Hall–Kier alpha value is -2.66. The summed E-state index contributed by atoms with van der Waals surface area (Å²) in [4.78, 5) is 24.9. The van der Waals surface area contributed by atoms with Crippen molar-refractivity contribution in [2.75, 3.05) is 6.61 Å². The van der Waals surface area contributed by atoms with Crippen molar-refractivity contribution in [1.29, 1.82) is 0 Å². The van der Waals surface area contributed by atoms with Crippen LogP contribution in [0.25, 0.3) is 0 Å². The third kappa shape index (κ3) is 1.90. The minimum absolute atomic E-state index is 0.0831. The summed E-state index contributed by atoms with van der Waals surface area (Å²) in [5.74, 6) is -1.60. The Morgan fingerprint density at radius 1 is 0.857 bits per heavy atom. The van der Waals surface area contributed by atoms with E-state index in [0.717, 1.165) is 0 Å². The molecule has 2 aromatic rings. The molecule has 0 saturated carbocycles. The first-order valence-corrected chi connectivity index (χ1v) is 6.42. The summed E-state index contributed by atoms with van der Waals surface area (Å²) in [6, 6.07) is 7.13. The maximum Gasteiger partial charge on any atom is 0.201 e. The zero-order chi connectivity index (χ0) is 15.1. The molecular formula is C16H12O5. The van der Waals surface area contributed by atoms with Gasteiger partial charge in [-0.05, 0) is 30.2 Å². The van der Waals surface area contributed by atoms with Gasteiger partial charge in [0.05, 0.1) is 11.1 Å². The van der Waals surface area contributed by atoms with E-state index < -0.39 is 11.6 Å². The zero-order valence-corrected chi connectivity index (χ0v) is 11.0. The first kappa shape index (κ1) is 13.3. The Balaban J connectivity index is 2.28. The molecule has 0 amide bonds. The summed E-state index contributed by atoms with van der Waals surface area (Å²) in [6.45, 7) is -0.127. The van der Waals surface area contributed by atoms with Crippen LogP contribution in [0.5, 0.6) is 11.5 Å². The van der Waals surface area contributed by atoms with Gasteiger partial charge in [0.15, 0.2) is 5.78 Å². The largest absolute Gasteiger partial charge is 0.507 e. The highest BCUT2D eigenvalue weighted by atomic mass is 16.3. The van der Waals surface area contributed by atoms with E-state index in [1.807, 2.05) is 0 Å². The quantitative estimate of drug-likeness (QED) is 0.661. The summed E-state index contributed by atoms with van der Waals surface area (Å²) in [7, 11) is 0. The van der Waals surface area contributed by atoms with Gasteiger partial charge in [-0.2, -0.15) is 0 Å². The highest BCUT2D eigenvalue weighted by Crippen LogP contribution is 2.37. The van der Waals surface area contributed by atoms with Crippen LogP contribution in [0, 0.1) is 0 Å². The topological polar surface area (TPSA) is 94.8 Å². The smallest absolute Gasteiger partial charge is 0.201 e. The predicted octanol–water partition coefficient (Wildman–Crippen LogP) is 1.41. The Morgan fingerprint density at radius 3 is 2.29 bits per heavy atom. The lowest BCUT2D eigenvalue weighted by molar-refractivity contribution is 0.0974. The Kier molecular flexibility index (Phi) is 2.99. The number of carbonyl (C=O) groups is 2. The molecule has 0 spiro atoms. The second kappa shape index (κ2) is 4.71. The van der Waals surface area contributed by atoms with Gasteiger partial charge in [0.1, 0.15) is 11.5 Å². The first-order valence-electron chi connectivity index (χ1n) is 6.42. The Morgan fingerprint density at radius 2 is 1.57 bits per heavy atom. The lowest BCUT2D eigenvalue weighted by Crippen LogP contribution is -2.21. The lowest BCUT2D eigenvalue weighted by Gasteiger charge is -2.20. The number of carbonyl (C=O) groups excluding carboxylic acids is 2. The average Bonchev–Trinajstić information content (AvgIpc) is 2.44. The van der Waals surface area contributed by atoms with Crippen LogP contribution in [0.3, 0.4) is 0 Å². The SMILES string of the molecule is O=C1c2cccc(O)c2C(=O)c2c(O)cc(CCO)cc21. The summed E-state index contributed by atoms with van der Waals surface area (Å²) in [5, 5.41) is 28.8. The highest BCUT2D eigenvalue weighted by Gasteiger charge is 2.34. The molecule has 3 rings (SSSR count). The summed E-state index contributed by atoms with van der Waals surface area (Å²) in [6.07, 6.45) is 0.273. The molecule has 0 radical (unpaired) electrons. The number of benzene rings is 2. The van der Waals surface area contributed by atoms with Gasteiger partial charge in [-0.25, -0.2) is 0 Å². The van der Waals surface area contributed by atoms with Crippen LogP contribution in [0.1, 0.15) is 37.4 Å². The molecule has 1 aliphatic carbocycles. The molecule has 0 heterocycles. The minimum atomic E-state index is -0.578. The van der Waals surface area contributed by atoms with Gasteiger partial charge in [-0.3, -0.25) is 9.59 Å². The van der Waals surface area contributed by atoms with Gasteiger partial charge < -0.3 is 15.3 Å². The van der Waals surface area contributed by atoms with Crippen molar-refractivity contribution in [2.24, 2.45) is 0 Å². The van der Waals surface area contributed by atoms with E-state index in [1.54, 1.807) is 0 Å². The number of aromatic hydroxyl groups is 2. The standard InChI is InChI=1S/C16H12O5/c17-5-4-8-6-10-14(12(19)7-8)16(21)13-9(15(10)20)2-1-3-11(13)18/h1-3,6-7,17-19H,4-5H2. The van der Waals surface area contributed by atoms with Crippen molar-refractivity contribution in [2.45, 2.75) is 6.42 Å². The predicted molar refractivity (Wildman–Crippen MR) is 73.9 cm³/mol. The molecule has 0 unspecified atom stereocenters. The van der Waals surface area contributed by atoms with Gasteiger partial charge in [0.25, 0.3) is 0 Å². The first-order chi connectivity index (χ1) is 10.0. The van der Waals surface area contributed by atoms with Crippen LogP contribution >= 0.6 is 0 Å². The van der Waals surface area contributed by atoms with Crippen LogP contribution in [0.15, 0.2) is 30.3 Å². The van der Waals surface area contributed by atoms with Crippen molar-refractivity contribution in [3.8, 4) is 11.5 Å². The normalized spacial score (nSPS) is 13.0. The second-order valence-electron chi connectivity index (χ2n) is 4.87. The maximum atomic E-state index is 12.5. The number of aliphatic hydroxyl groups excluding tert-OH is 1. The fraction of sp³-hybridized carbons (Fsp3) is 0.125. The van der Waals surface area contributed by atoms with Crippen molar-refractivity contribution >= 4 is 11.6 Å². The molecule has 3 N–H and O–H groups in total. The van der Waals surface area contributed by atoms with E-state index in [2.05, 4.69) is 0 Å². The van der Waals surface area contributed by atoms with E-state index in [-0.39, 0.29) is 46.8 Å². The molecule has 0 saturated heterocycles. The number of ketones is 2. The molecule has 0 aromatic heterocycles. The number of hydrogen-bond acceptors (Lipinski definition) is 5. The third-order valence-electron chi connectivity index (χ3n) is 3.56.